The molecule has 1 aliphatic rings. The van der Waals surface area contributed by atoms with Gasteiger partial charge >= 0.3 is 0 Å². The molecule has 0 unspecified atom stereocenters. The van der Waals surface area contributed by atoms with Gasteiger partial charge in [-0.15, -0.1) is 0 Å². The van der Waals surface area contributed by atoms with Crippen molar-refractivity contribution in [3.63, 3.8) is 0 Å². The number of benzene rings is 1. The van der Waals surface area contributed by atoms with E-state index in [4.69, 9.17) is 0 Å². The van der Waals surface area contributed by atoms with Crippen LogP contribution in [0.5, 0.6) is 0 Å². The number of nitrogens with one attached hydrogen (secondary N) is 1. The Bertz CT molecular complexity index is 641. The van der Waals surface area contributed by atoms with Crippen molar-refractivity contribution in [2.45, 2.75) is 39.5 Å². The van der Waals surface area contributed by atoms with E-state index >= 15 is 0 Å². The lowest BCUT2D eigenvalue weighted by Gasteiger charge is -2.30. The molecule has 24 heavy (non-hydrogen) atoms. The van der Waals surface area contributed by atoms with Crippen LogP contribution in [0.2, 0.25) is 0 Å². The predicted octanol–water partition coefficient (Wildman–Crippen LogP) is 2.11. The lowest BCUT2D eigenvalue weighted by Crippen LogP contribution is -2.46. The maximum atomic E-state index is 12.3. The third-order valence-corrected chi connectivity index (χ3v) is 6.42. The molecule has 0 radical (unpaired) electrons. The van der Waals surface area contributed by atoms with Gasteiger partial charge in [0, 0.05) is 19.6 Å². The zero-order chi connectivity index (χ0) is 17.6. The Morgan fingerprint density at radius 1 is 1.29 bits per heavy atom. The van der Waals surface area contributed by atoms with Gasteiger partial charge in [0.15, 0.2) is 0 Å². The molecular weight excluding hydrogens is 324 g/mol. The van der Waals surface area contributed by atoms with Gasteiger partial charge in [-0.25, -0.2) is 12.7 Å². The lowest BCUT2D eigenvalue weighted by atomic mass is 9.99. The fraction of sp³-hybridized carbons (Fsp3) is 0.611. The van der Waals surface area contributed by atoms with E-state index < -0.39 is 10.0 Å². The van der Waals surface area contributed by atoms with Crippen molar-refractivity contribution in [3.8, 4) is 0 Å². The fourth-order valence-corrected chi connectivity index (χ4v) is 4.17. The van der Waals surface area contributed by atoms with Crippen molar-refractivity contribution in [1.29, 1.82) is 0 Å². The van der Waals surface area contributed by atoms with Crippen molar-refractivity contribution < 1.29 is 13.2 Å². The van der Waals surface area contributed by atoms with Gasteiger partial charge in [0.2, 0.25) is 15.9 Å². The van der Waals surface area contributed by atoms with Crippen LogP contribution in [0.1, 0.15) is 37.3 Å². The Morgan fingerprint density at radius 2 is 2.00 bits per heavy atom. The molecule has 1 N–H and O–H groups in total. The van der Waals surface area contributed by atoms with Crippen LogP contribution < -0.4 is 5.32 Å². The molecule has 1 aromatic carbocycles. The molecule has 1 aliphatic heterocycles. The van der Waals surface area contributed by atoms with Crippen LogP contribution in [-0.4, -0.2) is 44.0 Å². The summed E-state index contributed by atoms with van der Waals surface area (Å²) in [5, 5.41) is 2.96. The maximum Gasteiger partial charge on any atom is 0.224 e. The quantitative estimate of drug-likeness (QED) is 0.764. The molecule has 1 heterocycles. The molecule has 2 rings (SSSR count). The van der Waals surface area contributed by atoms with E-state index in [9.17, 15) is 13.2 Å². The molecular formula is C18H28N2O3S. The predicted molar refractivity (Wildman–Crippen MR) is 96.3 cm³/mol. The smallest absolute Gasteiger partial charge is 0.224 e. The fourth-order valence-electron chi connectivity index (χ4n) is 2.99. The summed E-state index contributed by atoms with van der Waals surface area (Å²) in [6.45, 7) is 5.19. The van der Waals surface area contributed by atoms with Crippen LogP contribution in [0.3, 0.4) is 0 Å². The highest BCUT2D eigenvalue weighted by Gasteiger charge is 2.31. The molecule has 1 saturated heterocycles. The number of aryl methyl sites for hydroxylation is 2. The van der Waals surface area contributed by atoms with Gasteiger partial charge in [-0.1, -0.05) is 29.8 Å². The Labute approximate surface area is 145 Å². The molecule has 0 bridgehead atoms. The molecule has 5 nitrogen and oxygen atoms in total. The summed E-state index contributed by atoms with van der Waals surface area (Å²) in [6.07, 6.45) is 3.33. The van der Waals surface area contributed by atoms with Crippen LogP contribution in [-0.2, 0) is 21.2 Å². The summed E-state index contributed by atoms with van der Waals surface area (Å²) in [5.41, 5.74) is 2.52. The molecule has 0 spiro atoms. The molecule has 0 saturated carbocycles. The van der Waals surface area contributed by atoms with Crippen molar-refractivity contribution in [1.82, 2.24) is 9.62 Å². The first-order chi connectivity index (χ1) is 11.4. The number of carbonyl (C=O) groups is 1. The molecule has 1 fully saturated rings. The SMILES string of the molecule is CCS(=O)(=O)N1CCC[C@H](C(=O)NCCCc2ccc(C)cc2)C1. The van der Waals surface area contributed by atoms with Gasteiger partial charge in [-0.2, -0.15) is 0 Å². The van der Waals surface area contributed by atoms with Crippen LogP contribution in [0, 0.1) is 12.8 Å². The number of piperidine rings is 1. The molecule has 1 atom stereocenters. The summed E-state index contributed by atoms with van der Waals surface area (Å²) in [4.78, 5) is 12.3. The largest absolute Gasteiger partial charge is 0.356 e. The number of carbonyl (C=O) groups excluding carboxylic acids is 1. The maximum absolute atomic E-state index is 12.3. The van der Waals surface area contributed by atoms with Gasteiger partial charge in [0.05, 0.1) is 11.7 Å². The lowest BCUT2D eigenvalue weighted by molar-refractivity contribution is -0.126. The van der Waals surface area contributed by atoms with Gasteiger partial charge in [0.25, 0.3) is 0 Å². The number of hydrogen-bond donors (Lipinski definition) is 1. The summed E-state index contributed by atoms with van der Waals surface area (Å²) < 4.78 is 25.4. The minimum Gasteiger partial charge on any atom is -0.356 e. The van der Waals surface area contributed by atoms with Crippen LogP contribution >= 0.6 is 0 Å². The van der Waals surface area contributed by atoms with E-state index in [-0.39, 0.29) is 17.6 Å². The van der Waals surface area contributed by atoms with Crippen LogP contribution in [0.15, 0.2) is 24.3 Å². The third-order valence-electron chi connectivity index (χ3n) is 4.58. The Morgan fingerprint density at radius 3 is 2.67 bits per heavy atom. The van der Waals surface area contributed by atoms with Gasteiger partial charge in [-0.05, 0) is 45.1 Å². The highest BCUT2D eigenvalue weighted by atomic mass is 32.2. The summed E-state index contributed by atoms with van der Waals surface area (Å²) in [6, 6.07) is 8.43. The van der Waals surface area contributed by atoms with E-state index in [1.54, 1.807) is 6.92 Å². The second-order valence-corrected chi connectivity index (χ2v) is 8.74. The molecule has 134 valence electrons. The van der Waals surface area contributed by atoms with Crippen LogP contribution in [0.25, 0.3) is 0 Å². The topological polar surface area (TPSA) is 66.5 Å². The highest BCUT2D eigenvalue weighted by molar-refractivity contribution is 7.89. The normalized spacial score (nSPS) is 19.2. The minimum absolute atomic E-state index is 0.0186. The second kappa shape index (κ2) is 8.62. The summed E-state index contributed by atoms with van der Waals surface area (Å²) in [5.74, 6) is -0.146. The third kappa shape index (κ3) is 5.31. The van der Waals surface area contributed by atoms with Gasteiger partial charge in [-0.3, -0.25) is 4.79 Å². The zero-order valence-electron chi connectivity index (χ0n) is 14.6. The van der Waals surface area contributed by atoms with E-state index in [0.717, 1.165) is 25.7 Å². The molecule has 0 aliphatic carbocycles. The number of sulfonamides is 1. The first-order valence-corrected chi connectivity index (χ1v) is 10.3. The van der Waals surface area contributed by atoms with Crippen LogP contribution in [0.4, 0.5) is 0 Å². The molecule has 1 aromatic rings. The molecule has 1 amide bonds. The van der Waals surface area contributed by atoms with E-state index in [2.05, 4.69) is 36.5 Å². The number of amides is 1. The monoisotopic (exact) mass is 352 g/mol. The molecule has 0 aromatic heterocycles. The summed E-state index contributed by atoms with van der Waals surface area (Å²) in [7, 11) is -3.20. The van der Waals surface area contributed by atoms with Crippen molar-refractivity contribution >= 4 is 15.9 Å². The average Bonchev–Trinajstić information content (AvgIpc) is 2.60. The first kappa shape index (κ1) is 18.9. The summed E-state index contributed by atoms with van der Waals surface area (Å²) >= 11 is 0. The standard InChI is InChI=1S/C18H28N2O3S/c1-3-24(22,23)20-13-5-7-17(14-20)18(21)19-12-4-6-16-10-8-15(2)9-11-16/h8-11,17H,3-7,12-14H2,1-2H3,(H,19,21)/t17-/m0/s1. The Hall–Kier alpha value is -1.40. The number of nitrogens with zero attached hydrogens (tertiary/aromatic N) is 1. The second-order valence-electron chi connectivity index (χ2n) is 6.48. The number of hydrogen-bond acceptors (Lipinski definition) is 3. The first-order valence-electron chi connectivity index (χ1n) is 8.73. The average molecular weight is 353 g/mol. The van der Waals surface area contributed by atoms with Crippen molar-refractivity contribution in [2.75, 3.05) is 25.4 Å². The highest BCUT2D eigenvalue weighted by Crippen LogP contribution is 2.19. The van der Waals surface area contributed by atoms with Gasteiger partial charge in [0.1, 0.15) is 0 Å². The minimum atomic E-state index is -3.20. The van der Waals surface area contributed by atoms with Gasteiger partial charge < -0.3 is 5.32 Å². The van der Waals surface area contributed by atoms with E-state index in [0.29, 0.717) is 19.6 Å². The van der Waals surface area contributed by atoms with Crippen molar-refractivity contribution in [3.05, 3.63) is 35.4 Å². The Kier molecular flexibility index (Phi) is 6.80. The van der Waals surface area contributed by atoms with Crippen molar-refractivity contribution in [2.24, 2.45) is 5.92 Å². The van der Waals surface area contributed by atoms with E-state index in [1.807, 2.05) is 0 Å². The number of rotatable bonds is 7. The van der Waals surface area contributed by atoms with E-state index in [1.165, 1.54) is 15.4 Å². The Balaban J connectivity index is 1.75. The molecule has 6 heteroatoms. The zero-order valence-corrected chi connectivity index (χ0v) is 15.4.